The van der Waals surface area contributed by atoms with Crippen molar-refractivity contribution in [2.75, 3.05) is 18.8 Å². The first-order chi connectivity index (χ1) is 9.87. The number of rotatable bonds is 4. The second kappa shape index (κ2) is 6.23. The van der Waals surface area contributed by atoms with Gasteiger partial charge < -0.3 is 10.0 Å². The van der Waals surface area contributed by atoms with Gasteiger partial charge in [-0.05, 0) is 24.0 Å². The molecule has 0 aromatic heterocycles. The largest absolute Gasteiger partial charge is 0.479 e. The molecule has 0 radical (unpaired) electrons. The summed E-state index contributed by atoms with van der Waals surface area (Å²) in [5.74, 6) is -1.11. The number of carboxylic acids is 1. The van der Waals surface area contributed by atoms with E-state index in [1.54, 1.807) is 18.2 Å². The molecule has 21 heavy (non-hydrogen) atoms. The van der Waals surface area contributed by atoms with Crippen molar-refractivity contribution < 1.29 is 19.1 Å². The molecule has 2 rings (SSSR count). The second-order valence-corrected chi connectivity index (χ2v) is 6.56. The molecular formula is C14H15ClFNO3S. The molecule has 1 fully saturated rings. The van der Waals surface area contributed by atoms with Crippen molar-refractivity contribution in [1.82, 2.24) is 4.90 Å². The molecule has 7 heteroatoms. The quantitative estimate of drug-likeness (QED) is 0.861. The number of aliphatic carboxylic acids is 1. The second-order valence-electron chi connectivity index (χ2n) is 4.82. The Bertz CT molecular complexity index is 583. The first kappa shape index (κ1) is 16.1. The van der Waals surface area contributed by atoms with Gasteiger partial charge in [0, 0.05) is 22.9 Å². The summed E-state index contributed by atoms with van der Waals surface area (Å²) in [5.41, 5.74) is -1.92. The predicted octanol–water partition coefficient (Wildman–Crippen LogP) is 3.09. The van der Waals surface area contributed by atoms with Crippen molar-refractivity contribution in [2.45, 2.75) is 23.9 Å². The van der Waals surface area contributed by atoms with Crippen LogP contribution in [0.25, 0.3) is 0 Å². The third kappa shape index (κ3) is 3.32. The summed E-state index contributed by atoms with van der Waals surface area (Å²) in [5, 5.41) is 9.41. The van der Waals surface area contributed by atoms with Gasteiger partial charge in [-0.1, -0.05) is 18.5 Å². The van der Waals surface area contributed by atoms with Crippen LogP contribution in [0.5, 0.6) is 0 Å². The number of nitrogens with zero attached hydrogens (tertiary/aromatic N) is 1. The fraction of sp³-hybridized carbons (Fsp3) is 0.429. The Morgan fingerprint density at radius 3 is 2.81 bits per heavy atom. The number of hydrogen-bond donors (Lipinski definition) is 1. The van der Waals surface area contributed by atoms with Gasteiger partial charge >= 0.3 is 5.97 Å². The number of amides is 1. The summed E-state index contributed by atoms with van der Waals surface area (Å²) < 4.78 is 14.1. The molecule has 114 valence electrons. The van der Waals surface area contributed by atoms with Crippen molar-refractivity contribution in [3.63, 3.8) is 0 Å². The van der Waals surface area contributed by atoms with Crippen LogP contribution in [0.2, 0.25) is 5.02 Å². The third-order valence-corrected chi connectivity index (χ3v) is 4.54. The molecule has 1 saturated heterocycles. The minimum atomic E-state index is -2.35. The molecule has 1 aliphatic rings. The van der Waals surface area contributed by atoms with E-state index in [4.69, 9.17) is 16.7 Å². The highest BCUT2D eigenvalue weighted by atomic mass is 35.5. The lowest BCUT2D eigenvalue weighted by atomic mass is 10.1. The normalized spacial score (nSPS) is 21.6. The molecule has 1 atom stereocenters. The van der Waals surface area contributed by atoms with E-state index in [-0.39, 0.29) is 18.9 Å². The van der Waals surface area contributed by atoms with Gasteiger partial charge in [0.25, 0.3) is 5.91 Å². The highest BCUT2D eigenvalue weighted by Crippen LogP contribution is 2.31. The molecule has 4 nitrogen and oxygen atoms in total. The lowest BCUT2D eigenvalue weighted by Gasteiger charge is -2.19. The van der Waals surface area contributed by atoms with Gasteiger partial charge in [-0.2, -0.15) is 0 Å². The number of alkyl halides is 1. The number of carbonyl (C=O) groups is 2. The lowest BCUT2D eigenvalue weighted by molar-refractivity contribution is -0.149. The van der Waals surface area contributed by atoms with Gasteiger partial charge in [0.2, 0.25) is 5.67 Å². The van der Waals surface area contributed by atoms with Crippen LogP contribution < -0.4 is 0 Å². The van der Waals surface area contributed by atoms with Crippen LogP contribution in [0.3, 0.4) is 0 Å². The predicted molar refractivity (Wildman–Crippen MR) is 79.8 cm³/mol. The molecule has 0 aliphatic carbocycles. The molecule has 1 unspecified atom stereocenters. The van der Waals surface area contributed by atoms with Crippen molar-refractivity contribution >= 4 is 35.2 Å². The van der Waals surface area contributed by atoms with E-state index in [2.05, 4.69) is 0 Å². The van der Waals surface area contributed by atoms with Crippen LogP contribution in [-0.4, -0.2) is 46.4 Å². The number of hydrogen-bond acceptors (Lipinski definition) is 3. The van der Waals surface area contributed by atoms with Crippen LogP contribution in [-0.2, 0) is 4.79 Å². The first-order valence-electron chi connectivity index (χ1n) is 6.51. The molecular weight excluding hydrogens is 317 g/mol. The summed E-state index contributed by atoms with van der Waals surface area (Å²) in [6.45, 7) is 1.63. The minimum Gasteiger partial charge on any atom is -0.479 e. The minimum absolute atomic E-state index is 0.0977. The molecule has 0 bridgehead atoms. The maximum atomic E-state index is 14.1. The Kier molecular flexibility index (Phi) is 4.78. The van der Waals surface area contributed by atoms with Crippen LogP contribution in [0, 0.1) is 0 Å². The number of carbonyl (C=O) groups excluding carboxylic acids is 1. The average Bonchev–Trinajstić information content (AvgIpc) is 2.83. The molecule has 1 aromatic carbocycles. The van der Waals surface area contributed by atoms with Crippen LogP contribution in [0.1, 0.15) is 23.7 Å². The van der Waals surface area contributed by atoms with Crippen LogP contribution >= 0.6 is 23.4 Å². The number of benzene rings is 1. The van der Waals surface area contributed by atoms with Gasteiger partial charge in [0.1, 0.15) is 0 Å². The van der Waals surface area contributed by atoms with Gasteiger partial charge in [-0.15, -0.1) is 11.8 Å². The lowest BCUT2D eigenvalue weighted by Crippen LogP contribution is -2.39. The molecule has 0 saturated carbocycles. The van der Waals surface area contributed by atoms with Crippen LogP contribution in [0.4, 0.5) is 4.39 Å². The monoisotopic (exact) mass is 331 g/mol. The van der Waals surface area contributed by atoms with Crippen molar-refractivity contribution in [3.05, 3.63) is 28.8 Å². The van der Waals surface area contributed by atoms with Crippen molar-refractivity contribution in [3.8, 4) is 0 Å². The number of halogens is 2. The molecule has 1 aliphatic heterocycles. The zero-order valence-electron chi connectivity index (χ0n) is 11.4. The molecule has 1 heterocycles. The van der Waals surface area contributed by atoms with E-state index in [9.17, 15) is 14.0 Å². The van der Waals surface area contributed by atoms with E-state index in [0.29, 0.717) is 10.6 Å². The zero-order valence-corrected chi connectivity index (χ0v) is 13.0. The average molecular weight is 332 g/mol. The van der Waals surface area contributed by atoms with E-state index >= 15 is 0 Å². The fourth-order valence-electron chi connectivity index (χ4n) is 2.24. The zero-order chi connectivity index (χ0) is 15.6. The number of carboxylic acid groups (broad SMARTS) is 1. The molecule has 1 aromatic rings. The van der Waals surface area contributed by atoms with Gasteiger partial charge in [0.15, 0.2) is 0 Å². The van der Waals surface area contributed by atoms with Gasteiger partial charge in [-0.25, -0.2) is 9.18 Å². The number of likely N-dealkylation sites (tertiary alicyclic amines) is 1. The molecule has 0 spiro atoms. The highest BCUT2D eigenvalue weighted by Gasteiger charge is 2.47. The van der Waals surface area contributed by atoms with Gasteiger partial charge in [0.05, 0.1) is 12.1 Å². The summed E-state index contributed by atoms with van der Waals surface area (Å²) >= 11 is 7.40. The number of thioether (sulfide) groups is 1. The first-order valence-corrected chi connectivity index (χ1v) is 7.87. The van der Waals surface area contributed by atoms with Crippen molar-refractivity contribution in [1.29, 1.82) is 0 Å². The standard InChI is InChI=1S/C14H15ClFNO3S/c1-2-21-11-7-9(15)3-4-10(11)12(18)17-6-5-14(16,8-17)13(19)20/h3-4,7H,2,5-6,8H2,1H3,(H,19,20). The van der Waals surface area contributed by atoms with Crippen molar-refractivity contribution in [2.24, 2.45) is 0 Å². The summed E-state index contributed by atoms with van der Waals surface area (Å²) in [4.78, 5) is 25.4. The fourth-order valence-corrected chi connectivity index (χ4v) is 3.31. The molecule has 1 amide bonds. The van der Waals surface area contributed by atoms with Crippen LogP contribution in [0.15, 0.2) is 23.1 Å². The molecule has 1 N–H and O–H groups in total. The smallest absolute Gasteiger partial charge is 0.343 e. The maximum absolute atomic E-state index is 14.1. The van der Waals surface area contributed by atoms with E-state index in [0.717, 1.165) is 10.6 Å². The third-order valence-electron chi connectivity index (χ3n) is 3.36. The van der Waals surface area contributed by atoms with Gasteiger partial charge in [-0.3, -0.25) is 4.79 Å². The topological polar surface area (TPSA) is 57.6 Å². The Labute approximate surface area is 131 Å². The van der Waals surface area contributed by atoms with E-state index < -0.39 is 18.2 Å². The van der Waals surface area contributed by atoms with E-state index in [1.807, 2.05) is 6.92 Å². The Balaban J connectivity index is 2.24. The Morgan fingerprint density at radius 1 is 1.52 bits per heavy atom. The SMILES string of the molecule is CCSc1cc(Cl)ccc1C(=O)N1CCC(F)(C(=O)O)C1. The summed E-state index contributed by atoms with van der Waals surface area (Å²) in [6.07, 6.45) is -0.183. The maximum Gasteiger partial charge on any atom is 0.343 e. The van der Waals surface area contributed by atoms with E-state index in [1.165, 1.54) is 16.7 Å². The summed E-state index contributed by atoms with van der Waals surface area (Å²) in [6, 6.07) is 4.89. The summed E-state index contributed by atoms with van der Waals surface area (Å²) in [7, 11) is 0. The Morgan fingerprint density at radius 2 is 2.24 bits per heavy atom. The Hall–Kier alpha value is -1.27. The highest BCUT2D eigenvalue weighted by molar-refractivity contribution is 7.99.